The fourth-order valence-corrected chi connectivity index (χ4v) is 2.87. The van der Waals surface area contributed by atoms with Crippen LogP contribution in [-0.4, -0.2) is 29.8 Å². The topological polar surface area (TPSA) is 98.5 Å². The lowest BCUT2D eigenvalue weighted by Gasteiger charge is -2.23. The monoisotopic (exact) mass is 334 g/mol. The molecule has 1 atom stereocenters. The van der Waals surface area contributed by atoms with E-state index in [0.29, 0.717) is 18.7 Å². The fraction of sp³-hybridized carbons (Fsp3) is 0.529. The number of ether oxygens (including phenoxy) is 1. The third-order valence-electron chi connectivity index (χ3n) is 4.29. The highest BCUT2D eigenvalue weighted by molar-refractivity contribution is 5.83. The first-order chi connectivity index (χ1) is 11.5. The van der Waals surface area contributed by atoms with E-state index in [-0.39, 0.29) is 22.9 Å². The number of nitro benzene ring substituents is 1. The number of nitro groups is 1. The van der Waals surface area contributed by atoms with Crippen LogP contribution < -0.4 is 10.1 Å². The first-order valence-electron chi connectivity index (χ1n) is 8.19. The number of aldehydes is 1. The molecule has 0 unspecified atom stereocenters. The summed E-state index contributed by atoms with van der Waals surface area (Å²) in [5.41, 5.74) is -0.144. The standard InChI is InChI=1S/C17H22N2O5/c1-12(17(21)18-10-13-5-3-2-4-6-13)24-16-8-7-15(19(22)23)9-14(16)11-20/h7-9,11-13H,2-6,10H2,1H3,(H,18,21)/t12-/m0/s1. The zero-order valence-corrected chi connectivity index (χ0v) is 13.7. The van der Waals surface area contributed by atoms with Gasteiger partial charge in [-0.2, -0.15) is 0 Å². The molecule has 1 amide bonds. The summed E-state index contributed by atoms with van der Waals surface area (Å²) in [6.45, 7) is 2.22. The summed E-state index contributed by atoms with van der Waals surface area (Å²) >= 11 is 0. The third-order valence-corrected chi connectivity index (χ3v) is 4.29. The molecule has 0 aliphatic heterocycles. The average molecular weight is 334 g/mol. The van der Waals surface area contributed by atoms with Crippen LogP contribution in [0.2, 0.25) is 0 Å². The Bertz CT molecular complexity index is 611. The molecule has 1 aromatic carbocycles. The van der Waals surface area contributed by atoms with E-state index in [1.54, 1.807) is 6.92 Å². The summed E-state index contributed by atoms with van der Waals surface area (Å²) in [6.07, 6.45) is 5.64. The Morgan fingerprint density at radius 2 is 2.12 bits per heavy atom. The molecule has 0 saturated heterocycles. The Hall–Kier alpha value is -2.44. The quantitative estimate of drug-likeness (QED) is 0.469. The molecule has 1 aliphatic rings. The molecule has 0 aromatic heterocycles. The van der Waals surface area contributed by atoms with E-state index < -0.39 is 11.0 Å². The Labute approximate surface area is 140 Å². The van der Waals surface area contributed by atoms with Gasteiger partial charge in [0.1, 0.15) is 5.75 Å². The molecular formula is C17H22N2O5. The Kier molecular flexibility index (Phi) is 6.28. The molecule has 1 aliphatic carbocycles. The molecule has 1 N–H and O–H groups in total. The summed E-state index contributed by atoms with van der Waals surface area (Å²) < 4.78 is 5.51. The first kappa shape index (κ1) is 17.9. The molecule has 7 nitrogen and oxygen atoms in total. The van der Waals surface area contributed by atoms with Crippen molar-refractivity contribution < 1.29 is 19.2 Å². The Morgan fingerprint density at radius 3 is 2.75 bits per heavy atom. The number of nitrogens with one attached hydrogen (secondary N) is 1. The second-order valence-electron chi connectivity index (χ2n) is 6.11. The van der Waals surface area contributed by atoms with E-state index in [4.69, 9.17) is 4.74 Å². The molecule has 1 saturated carbocycles. The third kappa shape index (κ3) is 4.78. The van der Waals surface area contributed by atoms with Crippen molar-refractivity contribution in [1.82, 2.24) is 5.32 Å². The number of hydrogen-bond acceptors (Lipinski definition) is 5. The lowest BCUT2D eigenvalue weighted by atomic mass is 9.89. The second-order valence-corrected chi connectivity index (χ2v) is 6.11. The molecule has 1 aromatic rings. The van der Waals surface area contributed by atoms with Crippen molar-refractivity contribution in [3.63, 3.8) is 0 Å². The Balaban J connectivity index is 1.92. The van der Waals surface area contributed by atoms with Gasteiger partial charge in [-0.3, -0.25) is 19.7 Å². The van der Waals surface area contributed by atoms with Gasteiger partial charge in [-0.1, -0.05) is 19.3 Å². The molecule has 2 rings (SSSR count). The molecular weight excluding hydrogens is 312 g/mol. The zero-order chi connectivity index (χ0) is 17.5. The van der Waals surface area contributed by atoms with Crippen LogP contribution in [0.3, 0.4) is 0 Å². The van der Waals surface area contributed by atoms with Crippen LogP contribution in [0, 0.1) is 16.0 Å². The predicted octanol–water partition coefficient (Wildman–Crippen LogP) is 2.87. The number of non-ortho nitro benzene ring substituents is 1. The van der Waals surface area contributed by atoms with Crippen molar-refractivity contribution in [3.05, 3.63) is 33.9 Å². The van der Waals surface area contributed by atoms with E-state index in [2.05, 4.69) is 5.32 Å². The predicted molar refractivity (Wildman–Crippen MR) is 88.2 cm³/mol. The van der Waals surface area contributed by atoms with E-state index in [1.807, 2.05) is 0 Å². The maximum absolute atomic E-state index is 12.1. The lowest BCUT2D eigenvalue weighted by Crippen LogP contribution is -2.39. The van der Waals surface area contributed by atoms with Crippen molar-refractivity contribution >= 4 is 17.9 Å². The number of carbonyl (C=O) groups is 2. The van der Waals surface area contributed by atoms with Crippen molar-refractivity contribution in [2.45, 2.75) is 45.1 Å². The molecule has 24 heavy (non-hydrogen) atoms. The Morgan fingerprint density at radius 1 is 1.42 bits per heavy atom. The number of amides is 1. The minimum Gasteiger partial charge on any atom is -0.480 e. The van der Waals surface area contributed by atoms with Crippen molar-refractivity contribution in [2.24, 2.45) is 5.92 Å². The van der Waals surface area contributed by atoms with Crippen LogP contribution in [0.5, 0.6) is 5.75 Å². The summed E-state index contributed by atoms with van der Waals surface area (Å²) in [5, 5.41) is 13.6. The van der Waals surface area contributed by atoms with Gasteiger partial charge in [-0.05, 0) is 31.7 Å². The van der Waals surface area contributed by atoms with Gasteiger partial charge in [-0.15, -0.1) is 0 Å². The van der Waals surface area contributed by atoms with Gasteiger partial charge in [0.05, 0.1) is 10.5 Å². The molecule has 0 radical (unpaired) electrons. The van der Waals surface area contributed by atoms with Crippen LogP contribution in [0.15, 0.2) is 18.2 Å². The van der Waals surface area contributed by atoms with E-state index in [0.717, 1.165) is 18.9 Å². The minimum absolute atomic E-state index is 0.0520. The molecule has 1 fully saturated rings. The summed E-state index contributed by atoms with van der Waals surface area (Å²) in [5.74, 6) is 0.423. The van der Waals surface area contributed by atoms with E-state index in [9.17, 15) is 19.7 Å². The molecule has 0 spiro atoms. The van der Waals surface area contributed by atoms with Gasteiger partial charge in [0.15, 0.2) is 12.4 Å². The van der Waals surface area contributed by atoms with Gasteiger partial charge in [0.2, 0.25) is 0 Å². The number of nitrogens with zero attached hydrogens (tertiary/aromatic N) is 1. The second kappa shape index (κ2) is 8.42. The zero-order valence-electron chi connectivity index (χ0n) is 13.7. The molecule has 130 valence electrons. The maximum Gasteiger partial charge on any atom is 0.270 e. The van der Waals surface area contributed by atoms with Gasteiger partial charge >= 0.3 is 0 Å². The number of rotatable bonds is 7. The molecule has 0 bridgehead atoms. The summed E-state index contributed by atoms with van der Waals surface area (Å²) in [6, 6.07) is 3.72. The highest BCUT2D eigenvalue weighted by Crippen LogP contribution is 2.24. The van der Waals surface area contributed by atoms with Crippen molar-refractivity contribution in [1.29, 1.82) is 0 Å². The van der Waals surface area contributed by atoms with Crippen molar-refractivity contribution in [3.8, 4) is 5.75 Å². The smallest absolute Gasteiger partial charge is 0.270 e. The lowest BCUT2D eigenvalue weighted by molar-refractivity contribution is -0.384. The average Bonchev–Trinajstić information content (AvgIpc) is 2.60. The van der Waals surface area contributed by atoms with Crippen LogP contribution in [0.1, 0.15) is 49.4 Å². The van der Waals surface area contributed by atoms with E-state index in [1.165, 1.54) is 31.4 Å². The fourth-order valence-electron chi connectivity index (χ4n) is 2.87. The van der Waals surface area contributed by atoms with E-state index >= 15 is 0 Å². The number of hydrogen-bond donors (Lipinski definition) is 1. The van der Waals surface area contributed by atoms with Gasteiger partial charge in [0, 0.05) is 18.7 Å². The van der Waals surface area contributed by atoms with Gasteiger partial charge in [0.25, 0.3) is 11.6 Å². The normalized spacial score (nSPS) is 16.2. The summed E-state index contributed by atoms with van der Waals surface area (Å²) in [4.78, 5) is 33.4. The molecule has 7 heteroatoms. The van der Waals surface area contributed by atoms with Gasteiger partial charge in [-0.25, -0.2) is 0 Å². The SMILES string of the molecule is C[C@H](Oc1ccc([N+](=O)[O-])cc1C=O)C(=O)NCC1CCCCC1. The highest BCUT2D eigenvalue weighted by atomic mass is 16.6. The maximum atomic E-state index is 12.1. The summed E-state index contributed by atoms with van der Waals surface area (Å²) in [7, 11) is 0. The van der Waals surface area contributed by atoms with Gasteiger partial charge < -0.3 is 10.1 Å². The first-order valence-corrected chi connectivity index (χ1v) is 8.19. The van der Waals surface area contributed by atoms with Crippen molar-refractivity contribution in [2.75, 3.05) is 6.54 Å². The van der Waals surface area contributed by atoms with Crippen LogP contribution >= 0.6 is 0 Å². The largest absolute Gasteiger partial charge is 0.480 e. The van der Waals surface area contributed by atoms with Crippen LogP contribution in [0.25, 0.3) is 0 Å². The highest BCUT2D eigenvalue weighted by Gasteiger charge is 2.20. The minimum atomic E-state index is -0.784. The van der Waals surface area contributed by atoms with Crippen LogP contribution in [0.4, 0.5) is 5.69 Å². The number of carbonyl (C=O) groups excluding carboxylic acids is 2. The van der Waals surface area contributed by atoms with Crippen LogP contribution in [-0.2, 0) is 4.79 Å². The number of benzene rings is 1. The molecule has 0 heterocycles.